The van der Waals surface area contributed by atoms with E-state index >= 15 is 0 Å². The number of hydrogen-bond acceptors (Lipinski definition) is 2. The molecule has 0 saturated heterocycles. The summed E-state index contributed by atoms with van der Waals surface area (Å²) >= 11 is 0. The van der Waals surface area contributed by atoms with Gasteiger partial charge in [-0.25, -0.2) is 13.6 Å². The Morgan fingerprint density at radius 2 is 2.08 bits per heavy atom. The van der Waals surface area contributed by atoms with Crippen LogP contribution >= 0.6 is 0 Å². The Morgan fingerprint density at radius 3 is 2.46 bits per heavy atom. The molecule has 0 radical (unpaired) electrons. The minimum Gasteiger partial charge on any atom is -0.478 e. The number of rotatable bonds is 2. The highest BCUT2D eigenvalue weighted by molar-refractivity contribution is 5.89. The first-order valence-corrected chi connectivity index (χ1v) is 3.43. The number of carboxylic acid groups (broad SMARTS) is 1. The monoisotopic (exact) mass is 187 g/mol. The van der Waals surface area contributed by atoms with Crippen molar-refractivity contribution in [3.05, 3.63) is 29.3 Å². The minimum absolute atomic E-state index is 0.0955. The fourth-order valence-corrected chi connectivity index (χ4v) is 0.907. The molecule has 0 heterocycles. The van der Waals surface area contributed by atoms with Gasteiger partial charge in [0, 0.05) is 11.3 Å². The number of halogens is 2. The Balaban J connectivity index is 3.13. The van der Waals surface area contributed by atoms with Crippen LogP contribution in [-0.4, -0.2) is 11.1 Å². The summed E-state index contributed by atoms with van der Waals surface area (Å²) in [6, 6.07) is 3.13. The average molecular weight is 187 g/mol. The Bertz CT molecular complexity index is 339. The lowest BCUT2D eigenvalue weighted by molar-refractivity contribution is 0.0696. The van der Waals surface area contributed by atoms with Crippen LogP contribution in [0.5, 0.6) is 0 Å². The number of nitrogens with two attached hydrogens (primary N) is 1. The first-order valence-electron chi connectivity index (χ1n) is 3.43. The van der Waals surface area contributed by atoms with Crippen LogP contribution in [0.1, 0.15) is 22.3 Å². The molecule has 3 nitrogen and oxygen atoms in total. The van der Waals surface area contributed by atoms with Crippen LogP contribution in [0, 0.1) is 0 Å². The SMILES string of the molecule is Nc1cc(C(=O)O)ccc1C(F)F. The van der Waals surface area contributed by atoms with E-state index in [2.05, 4.69) is 0 Å². The number of anilines is 1. The van der Waals surface area contributed by atoms with Gasteiger partial charge in [0.25, 0.3) is 6.43 Å². The molecule has 0 aliphatic carbocycles. The maximum Gasteiger partial charge on any atom is 0.335 e. The van der Waals surface area contributed by atoms with E-state index in [4.69, 9.17) is 10.8 Å². The van der Waals surface area contributed by atoms with Crippen molar-refractivity contribution in [2.24, 2.45) is 0 Å². The molecule has 0 aliphatic rings. The number of carboxylic acids is 1. The molecule has 70 valence electrons. The summed E-state index contributed by atoms with van der Waals surface area (Å²) in [4.78, 5) is 10.4. The number of benzene rings is 1. The molecule has 3 N–H and O–H groups in total. The van der Waals surface area contributed by atoms with Crippen molar-refractivity contribution in [3.8, 4) is 0 Å². The van der Waals surface area contributed by atoms with Crippen molar-refractivity contribution in [1.29, 1.82) is 0 Å². The maximum absolute atomic E-state index is 12.1. The molecule has 0 unspecified atom stereocenters. The predicted octanol–water partition coefficient (Wildman–Crippen LogP) is 1.90. The molecule has 0 fully saturated rings. The molecule has 0 amide bonds. The number of hydrogen-bond donors (Lipinski definition) is 2. The highest BCUT2D eigenvalue weighted by atomic mass is 19.3. The van der Waals surface area contributed by atoms with Gasteiger partial charge >= 0.3 is 5.97 Å². The second kappa shape index (κ2) is 3.38. The third-order valence-electron chi connectivity index (χ3n) is 1.57. The van der Waals surface area contributed by atoms with Crippen LogP contribution in [0.25, 0.3) is 0 Å². The first kappa shape index (κ1) is 9.44. The Morgan fingerprint density at radius 1 is 1.46 bits per heavy atom. The fourth-order valence-electron chi connectivity index (χ4n) is 0.907. The third-order valence-corrected chi connectivity index (χ3v) is 1.57. The van der Waals surface area contributed by atoms with E-state index in [1.165, 1.54) is 0 Å². The van der Waals surface area contributed by atoms with Crippen LogP contribution in [0.3, 0.4) is 0 Å². The average Bonchev–Trinajstić information content (AvgIpc) is 2.03. The van der Waals surface area contributed by atoms with Crippen molar-refractivity contribution in [3.63, 3.8) is 0 Å². The van der Waals surface area contributed by atoms with Gasteiger partial charge in [0.05, 0.1) is 5.56 Å². The molecule has 1 aromatic carbocycles. The second-order valence-corrected chi connectivity index (χ2v) is 2.45. The van der Waals surface area contributed by atoms with Gasteiger partial charge in [-0.3, -0.25) is 0 Å². The van der Waals surface area contributed by atoms with Crippen molar-refractivity contribution in [2.75, 3.05) is 5.73 Å². The van der Waals surface area contributed by atoms with Crippen LogP contribution < -0.4 is 5.73 Å². The van der Waals surface area contributed by atoms with Crippen LogP contribution in [0.15, 0.2) is 18.2 Å². The van der Waals surface area contributed by atoms with E-state index in [0.717, 1.165) is 18.2 Å². The summed E-state index contributed by atoms with van der Waals surface area (Å²) in [5.74, 6) is -1.19. The number of nitrogen functional groups attached to an aromatic ring is 1. The van der Waals surface area contributed by atoms with Crippen LogP contribution in [0.4, 0.5) is 14.5 Å². The Labute approximate surface area is 72.8 Å². The largest absolute Gasteiger partial charge is 0.478 e. The molecule has 0 bridgehead atoms. The molecule has 13 heavy (non-hydrogen) atoms. The fraction of sp³-hybridized carbons (Fsp3) is 0.125. The first-order chi connectivity index (χ1) is 6.02. The van der Waals surface area contributed by atoms with Crippen molar-refractivity contribution in [1.82, 2.24) is 0 Å². The number of aromatic carboxylic acids is 1. The van der Waals surface area contributed by atoms with E-state index in [-0.39, 0.29) is 16.8 Å². The smallest absolute Gasteiger partial charge is 0.335 e. The summed E-state index contributed by atoms with van der Waals surface area (Å²) < 4.78 is 24.3. The summed E-state index contributed by atoms with van der Waals surface area (Å²) in [6.07, 6.45) is -2.68. The summed E-state index contributed by atoms with van der Waals surface area (Å²) in [5.41, 5.74) is 4.58. The summed E-state index contributed by atoms with van der Waals surface area (Å²) in [5, 5.41) is 8.50. The molecular weight excluding hydrogens is 180 g/mol. The lowest BCUT2D eigenvalue weighted by atomic mass is 10.1. The van der Waals surface area contributed by atoms with Crippen molar-refractivity contribution >= 4 is 11.7 Å². The minimum atomic E-state index is -2.68. The second-order valence-electron chi connectivity index (χ2n) is 2.45. The molecule has 0 spiro atoms. The van der Waals surface area contributed by atoms with Gasteiger partial charge in [-0.05, 0) is 12.1 Å². The van der Waals surface area contributed by atoms with Gasteiger partial charge in [-0.15, -0.1) is 0 Å². The van der Waals surface area contributed by atoms with E-state index in [1.54, 1.807) is 0 Å². The van der Waals surface area contributed by atoms with E-state index in [1.807, 2.05) is 0 Å². The van der Waals surface area contributed by atoms with Gasteiger partial charge in [0.15, 0.2) is 0 Å². The molecule has 0 atom stereocenters. The summed E-state index contributed by atoms with van der Waals surface area (Å²) in [6.45, 7) is 0. The van der Waals surface area contributed by atoms with E-state index in [9.17, 15) is 13.6 Å². The molecular formula is C8H7F2NO2. The molecule has 5 heteroatoms. The van der Waals surface area contributed by atoms with Crippen LogP contribution in [-0.2, 0) is 0 Å². The third kappa shape index (κ3) is 1.93. The zero-order valence-electron chi connectivity index (χ0n) is 6.50. The van der Waals surface area contributed by atoms with Gasteiger partial charge in [-0.1, -0.05) is 6.07 Å². The molecule has 1 rings (SSSR count). The van der Waals surface area contributed by atoms with Crippen molar-refractivity contribution < 1.29 is 18.7 Å². The lowest BCUT2D eigenvalue weighted by Gasteiger charge is -2.04. The number of alkyl halides is 2. The predicted molar refractivity (Wildman–Crippen MR) is 42.8 cm³/mol. The Hall–Kier alpha value is -1.65. The van der Waals surface area contributed by atoms with Gasteiger partial charge < -0.3 is 10.8 Å². The van der Waals surface area contributed by atoms with Gasteiger partial charge in [0.1, 0.15) is 0 Å². The summed E-state index contributed by atoms with van der Waals surface area (Å²) in [7, 11) is 0. The highest BCUT2D eigenvalue weighted by Gasteiger charge is 2.12. The zero-order chi connectivity index (χ0) is 10.0. The highest BCUT2D eigenvalue weighted by Crippen LogP contribution is 2.25. The van der Waals surface area contributed by atoms with Crippen LogP contribution in [0.2, 0.25) is 0 Å². The molecule has 0 aromatic heterocycles. The lowest BCUT2D eigenvalue weighted by Crippen LogP contribution is -2.01. The zero-order valence-corrected chi connectivity index (χ0v) is 6.50. The quantitative estimate of drug-likeness (QED) is 0.695. The standard InChI is InChI=1S/C8H7F2NO2/c9-7(10)5-2-1-4(8(12)13)3-6(5)11/h1-3,7H,11H2,(H,12,13). The number of carbonyl (C=O) groups is 1. The Kier molecular flexibility index (Phi) is 2.46. The van der Waals surface area contributed by atoms with Gasteiger partial charge in [0.2, 0.25) is 0 Å². The molecule has 1 aromatic rings. The topological polar surface area (TPSA) is 63.3 Å². The van der Waals surface area contributed by atoms with Gasteiger partial charge in [-0.2, -0.15) is 0 Å². The van der Waals surface area contributed by atoms with E-state index in [0.29, 0.717) is 0 Å². The maximum atomic E-state index is 12.1. The van der Waals surface area contributed by atoms with Crippen molar-refractivity contribution in [2.45, 2.75) is 6.43 Å². The van der Waals surface area contributed by atoms with E-state index < -0.39 is 12.4 Å². The normalized spacial score (nSPS) is 10.4. The molecule has 0 saturated carbocycles. The molecule has 0 aliphatic heterocycles.